The maximum Gasteiger partial charge on any atom is 0.326 e. The molecule has 1 saturated carbocycles. The average molecular weight is 265 g/mol. The number of benzene rings is 1. The lowest BCUT2D eigenvalue weighted by molar-refractivity contribution is -0.139. The minimum Gasteiger partial charge on any atom is -0.480 e. The zero-order valence-corrected chi connectivity index (χ0v) is 10.6. The molecule has 4 nitrogen and oxygen atoms in total. The van der Waals surface area contributed by atoms with Gasteiger partial charge in [-0.25, -0.2) is 9.18 Å². The monoisotopic (exact) mass is 265 g/mol. The van der Waals surface area contributed by atoms with Crippen molar-refractivity contribution in [2.24, 2.45) is 5.92 Å². The fourth-order valence-electron chi connectivity index (χ4n) is 2.02. The topological polar surface area (TPSA) is 66.4 Å². The lowest BCUT2D eigenvalue weighted by atomic mass is 10.1. The van der Waals surface area contributed by atoms with Crippen LogP contribution >= 0.6 is 0 Å². The second-order valence-electron chi connectivity index (χ2n) is 5.06. The summed E-state index contributed by atoms with van der Waals surface area (Å²) < 4.78 is 13.2. The molecule has 2 N–H and O–H groups in total. The van der Waals surface area contributed by atoms with Crippen LogP contribution < -0.4 is 5.32 Å². The molecule has 1 aromatic rings. The summed E-state index contributed by atoms with van der Waals surface area (Å²) in [7, 11) is 0. The Morgan fingerprint density at radius 2 is 2.11 bits per heavy atom. The van der Waals surface area contributed by atoms with E-state index in [9.17, 15) is 14.0 Å². The molecule has 1 aromatic carbocycles. The van der Waals surface area contributed by atoms with E-state index in [0.717, 1.165) is 18.9 Å². The summed E-state index contributed by atoms with van der Waals surface area (Å²) in [6, 6.07) is 3.06. The Balaban J connectivity index is 2.07. The number of amides is 1. The number of carboxylic acids is 1. The summed E-state index contributed by atoms with van der Waals surface area (Å²) in [5, 5.41) is 11.5. The van der Waals surface area contributed by atoms with E-state index in [2.05, 4.69) is 5.32 Å². The Kier molecular flexibility index (Phi) is 3.83. The van der Waals surface area contributed by atoms with Gasteiger partial charge < -0.3 is 10.4 Å². The highest BCUT2D eigenvalue weighted by atomic mass is 19.1. The molecule has 1 aliphatic rings. The van der Waals surface area contributed by atoms with Gasteiger partial charge >= 0.3 is 5.97 Å². The highest BCUT2D eigenvalue weighted by Gasteiger charge is 2.30. The van der Waals surface area contributed by atoms with Crippen molar-refractivity contribution in [3.63, 3.8) is 0 Å². The first-order valence-corrected chi connectivity index (χ1v) is 6.26. The van der Waals surface area contributed by atoms with Crippen molar-refractivity contribution in [3.05, 3.63) is 35.1 Å². The van der Waals surface area contributed by atoms with Crippen LogP contribution in [0.15, 0.2) is 18.2 Å². The van der Waals surface area contributed by atoms with Gasteiger partial charge in [-0.2, -0.15) is 0 Å². The quantitative estimate of drug-likeness (QED) is 0.857. The number of aliphatic carboxylic acids is 1. The van der Waals surface area contributed by atoms with Crippen molar-refractivity contribution in [2.75, 3.05) is 0 Å². The van der Waals surface area contributed by atoms with Crippen LogP contribution in [0.1, 0.15) is 35.2 Å². The molecular weight excluding hydrogens is 249 g/mol. The SMILES string of the molecule is Cc1cc(F)cc(C(=O)NC(CC2CC2)C(=O)O)c1. The predicted octanol–water partition coefficient (Wildman–Crippen LogP) is 2.12. The van der Waals surface area contributed by atoms with Crippen molar-refractivity contribution in [2.45, 2.75) is 32.2 Å². The smallest absolute Gasteiger partial charge is 0.326 e. The van der Waals surface area contributed by atoms with E-state index < -0.39 is 23.7 Å². The highest BCUT2D eigenvalue weighted by molar-refractivity contribution is 5.96. The number of aryl methyl sites for hydroxylation is 1. The largest absolute Gasteiger partial charge is 0.480 e. The van der Waals surface area contributed by atoms with Crippen molar-refractivity contribution in [3.8, 4) is 0 Å². The van der Waals surface area contributed by atoms with Gasteiger partial charge in [-0.1, -0.05) is 12.8 Å². The van der Waals surface area contributed by atoms with Crippen LogP contribution in [0.25, 0.3) is 0 Å². The average Bonchev–Trinajstić information content (AvgIpc) is 3.10. The zero-order chi connectivity index (χ0) is 14.0. The van der Waals surface area contributed by atoms with Gasteiger partial charge in [0.05, 0.1) is 0 Å². The third-order valence-electron chi connectivity index (χ3n) is 3.17. The lowest BCUT2D eigenvalue weighted by Gasteiger charge is -2.14. The van der Waals surface area contributed by atoms with Crippen molar-refractivity contribution >= 4 is 11.9 Å². The van der Waals surface area contributed by atoms with Gasteiger partial charge in [-0.3, -0.25) is 4.79 Å². The molecule has 1 aliphatic carbocycles. The van der Waals surface area contributed by atoms with Gasteiger partial charge in [-0.05, 0) is 43.0 Å². The third-order valence-corrected chi connectivity index (χ3v) is 3.17. The van der Waals surface area contributed by atoms with Crippen molar-refractivity contribution in [1.82, 2.24) is 5.32 Å². The van der Waals surface area contributed by atoms with Gasteiger partial charge in [0, 0.05) is 5.56 Å². The van der Waals surface area contributed by atoms with Crippen LogP contribution in [-0.2, 0) is 4.79 Å². The summed E-state index contributed by atoms with van der Waals surface area (Å²) in [6.07, 6.45) is 2.47. The summed E-state index contributed by atoms with van der Waals surface area (Å²) in [5.74, 6) is -1.71. The molecule has 0 saturated heterocycles. The molecule has 1 fully saturated rings. The number of halogens is 1. The minimum absolute atomic E-state index is 0.152. The Hall–Kier alpha value is -1.91. The number of carbonyl (C=O) groups is 2. The van der Waals surface area contributed by atoms with E-state index in [1.165, 1.54) is 12.1 Å². The van der Waals surface area contributed by atoms with Crippen LogP contribution in [0.2, 0.25) is 0 Å². The molecule has 1 unspecified atom stereocenters. The molecule has 2 rings (SSSR count). The molecule has 0 radical (unpaired) electrons. The highest BCUT2D eigenvalue weighted by Crippen LogP contribution is 2.33. The Labute approximate surface area is 110 Å². The first-order chi connectivity index (χ1) is 8.95. The molecule has 1 atom stereocenters. The van der Waals surface area contributed by atoms with Crippen LogP contribution in [-0.4, -0.2) is 23.0 Å². The number of nitrogens with one attached hydrogen (secondary N) is 1. The fourth-order valence-corrected chi connectivity index (χ4v) is 2.02. The van der Waals surface area contributed by atoms with Gasteiger partial charge in [0.15, 0.2) is 0 Å². The zero-order valence-electron chi connectivity index (χ0n) is 10.6. The van der Waals surface area contributed by atoms with E-state index in [1.807, 2.05) is 0 Å². The van der Waals surface area contributed by atoms with E-state index >= 15 is 0 Å². The van der Waals surface area contributed by atoms with E-state index in [1.54, 1.807) is 6.92 Å². The van der Waals surface area contributed by atoms with Gasteiger partial charge in [-0.15, -0.1) is 0 Å². The molecule has 0 aliphatic heterocycles. The minimum atomic E-state index is -1.05. The number of hydrogen-bond acceptors (Lipinski definition) is 2. The third kappa shape index (κ3) is 3.77. The molecule has 0 bridgehead atoms. The number of rotatable bonds is 5. The molecule has 102 valence electrons. The second kappa shape index (κ2) is 5.38. The van der Waals surface area contributed by atoms with E-state index in [-0.39, 0.29) is 5.56 Å². The van der Waals surface area contributed by atoms with E-state index in [4.69, 9.17) is 5.11 Å². The first-order valence-electron chi connectivity index (χ1n) is 6.26. The Morgan fingerprint density at radius 1 is 1.42 bits per heavy atom. The summed E-state index contributed by atoms with van der Waals surface area (Å²) in [5.41, 5.74) is 0.777. The van der Waals surface area contributed by atoms with Crippen LogP contribution in [0.4, 0.5) is 4.39 Å². The van der Waals surface area contributed by atoms with Gasteiger partial charge in [0.1, 0.15) is 11.9 Å². The molecule has 19 heavy (non-hydrogen) atoms. The molecule has 0 spiro atoms. The maximum absolute atomic E-state index is 13.2. The lowest BCUT2D eigenvalue weighted by Crippen LogP contribution is -2.41. The summed E-state index contributed by atoms with van der Waals surface area (Å²) in [6.45, 7) is 1.68. The Bertz CT molecular complexity index is 491. The van der Waals surface area contributed by atoms with Gasteiger partial charge in [0.2, 0.25) is 0 Å². The predicted molar refractivity (Wildman–Crippen MR) is 67.4 cm³/mol. The van der Waals surface area contributed by atoms with Crippen LogP contribution in [0, 0.1) is 18.7 Å². The van der Waals surface area contributed by atoms with E-state index in [0.29, 0.717) is 17.9 Å². The standard InChI is InChI=1S/C14H16FNO3/c1-8-4-10(7-11(15)5-8)13(17)16-12(14(18)19)6-9-2-3-9/h4-5,7,9,12H,2-3,6H2,1H3,(H,16,17)(H,18,19). The maximum atomic E-state index is 13.2. The molecule has 0 aromatic heterocycles. The van der Waals surface area contributed by atoms with Crippen LogP contribution in [0.3, 0.4) is 0 Å². The molecule has 1 amide bonds. The molecule has 5 heteroatoms. The number of carbonyl (C=O) groups excluding carboxylic acids is 1. The summed E-state index contributed by atoms with van der Waals surface area (Å²) >= 11 is 0. The normalized spacial score (nSPS) is 15.9. The summed E-state index contributed by atoms with van der Waals surface area (Å²) in [4.78, 5) is 23.0. The second-order valence-corrected chi connectivity index (χ2v) is 5.06. The molecule has 0 heterocycles. The van der Waals surface area contributed by atoms with Gasteiger partial charge in [0.25, 0.3) is 5.91 Å². The fraction of sp³-hybridized carbons (Fsp3) is 0.429. The van der Waals surface area contributed by atoms with Crippen molar-refractivity contribution < 1.29 is 19.1 Å². The molecular formula is C14H16FNO3. The van der Waals surface area contributed by atoms with Crippen LogP contribution in [0.5, 0.6) is 0 Å². The first kappa shape index (κ1) is 13.5. The Morgan fingerprint density at radius 3 is 2.63 bits per heavy atom. The van der Waals surface area contributed by atoms with Crippen molar-refractivity contribution in [1.29, 1.82) is 0 Å². The number of hydrogen-bond donors (Lipinski definition) is 2. The number of carboxylic acid groups (broad SMARTS) is 1.